The summed E-state index contributed by atoms with van der Waals surface area (Å²) in [6, 6.07) is 12.1. The molecule has 0 saturated heterocycles. The first-order chi connectivity index (χ1) is 11.2. The number of halogens is 1. The molecule has 1 aliphatic carbocycles. The van der Waals surface area contributed by atoms with Gasteiger partial charge in [-0.05, 0) is 35.7 Å². The number of H-pyrrole nitrogens is 1. The fourth-order valence-electron chi connectivity index (χ4n) is 2.81. The van der Waals surface area contributed by atoms with Gasteiger partial charge in [0.2, 0.25) is 0 Å². The molecule has 0 amide bonds. The number of hydrogen-bond donors (Lipinski definition) is 1. The molecule has 4 rings (SSSR count). The van der Waals surface area contributed by atoms with Gasteiger partial charge >= 0.3 is 5.97 Å². The first-order valence-electron chi connectivity index (χ1n) is 7.43. The molecular weight excluding hydrogens is 297 g/mol. The molecule has 1 aliphatic rings. The zero-order chi connectivity index (χ0) is 15.8. The van der Waals surface area contributed by atoms with Crippen LogP contribution < -0.4 is 0 Å². The summed E-state index contributed by atoms with van der Waals surface area (Å²) in [5.74, 6) is -0.854. The lowest BCUT2D eigenvalue weighted by molar-refractivity contribution is -0.146. The Hall–Kier alpha value is -2.76. The molecule has 0 aliphatic heterocycles. The van der Waals surface area contributed by atoms with Gasteiger partial charge in [-0.1, -0.05) is 24.3 Å². The van der Waals surface area contributed by atoms with Crippen LogP contribution in [0.3, 0.4) is 0 Å². The lowest BCUT2D eigenvalue weighted by atomic mass is 10.1. The Morgan fingerprint density at radius 2 is 2.04 bits per heavy atom. The van der Waals surface area contributed by atoms with E-state index in [0.29, 0.717) is 12.0 Å². The Morgan fingerprint density at radius 1 is 1.22 bits per heavy atom. The third-order valence-corrected chi connectivity index (χ3v) is 4.16. The highest BCUT2D eigenvalue weighted by atomic mass is 19.1. The van der Waals surface area contributed by atoms with Crippen molar-refractivity contribution in [1.29, 1.82) is 0 Å². The van der Waals surface area contributed by atoms with E-state index >= 15 is 0 Å². The first-order valence-corrected chi connectivity index (χ1v) is 7.43. The summed E-state index contributed by atoms with van der Waals surface area (Å²) >= 11 is 0. The maximum Gasteiger partial charge on any atom is 0.309 e. The summed E-state index contributed by atoms with van der Waals surface area (Å²) in [7, 11) is 0. The van der Waals surface area contributed by atoms with Gasteiger partial charge in [0, 0.05) is 5.92 Å². The lowest BCUT2D eigenvalue weighted by Gasteiger charge is -2.05. The summed E-state index contributed by atoms with van der Waals surface area (Å²) in [5.41, 5.74) is 2.94. The van der Waals surface area contributed by atoms with Crippen LogP contribution in [0.4, 0.5) is 4.39 Å². The summed E-state index contributed by atoms with van der Waals surface area (Å²) in [6.45, 7) is 0.183. The van der Waals surface area contributed by atoms with Crippen LogP contribution in [-0.4, -0.2) is 21.4 Å². The van der Waals surface area contributed by atoms with Gasteiger partial charge in [0.25, 0.3) is 0 Å². The van der Waals surface area contributed by atoms with Gasteiger partial charge in [-0.3, -0.25) is 4.79 Å². The average Bonchev–Trinajstić information content (AvgIpc) is 3.22. The van der Waals surface area contributed by atoms with Gasteiger partial charge < -0.3 is 4.74 Å². The minimum absolute atomic E-state index is 0.0679. The molecule has 1 saturated carbocycles. The zero-order valence-corrected chi connectivity index (χ0v) is 12.2. The summed E-state index contributed by atoms with van der Waals surface area (Å²) in [5, 5.41) is 10.5. The van der Waals surface area contributed by atoms with Crippen molar-refractivity contribution in [1.82, 2.24) is 15.4 Å². The van der Waals surface area contributed by atoms with E-state index in [4.69, 9.17) is 4.74 Å². The summed E-state index contributed by atoms with van der Waals surface area (Å²) in [4.78, 5) is 12.1. The van der Waals surface area contributed by atoms with Crippen molar-refractivity contribution in [2.24, 2.45) is 5.92 Å². The second kappa shape index (κ2) is 5.46. The molecule has 2 aromatic carbocycles. The molecule has 1 N–H and O–H groups in total. The van der Waals surface area contributed by atoms with Crippen LogP contribution in [0.25, 0.3) is 11.0 Å². The van der Waals surface area contributed by atoms with E-state index < -0.39 is 0 Å². The van der Waals surface area contributed by atoms with Crippen molar-refractivity contribution in [3.8, 4) is 0 Å². The largest absolute Gasteiger partial charge is 0.461 e. The number of benzene rings is 2. The number of carbonyl (C=O) groups is 1. The monoisotopic (exact) mass is 311 g/mol. The number of esters is 1. The Morgan fingerprint density at radius 3 is 2.91 bits per heavy atom. The van der Waals surface area contributed by atoms with Crippen LogP contribution in [-0.2, 0) is 16.1 Å². The molecule has 23 heavy (non-hydrogen) atoms. The van der Waals surface area contributed by atoms with Gasteiger partial charge in [-0.2, -0.15) is 15.4 Å². The number of fused-ring (bicyclic) bond motifs is 1. The lowest BCUT2D eigenvalue weighted by Crippen LogP contribution is -2.08. The highest BCUT2D eigenvalue weighted by molar-refractivity contribution is 5.78. The number of nitrogens with zero attached hydrogens (tertiary/aromatic N) is 2. The highest BCUT2D eigenvalue weighted by Gasteiger charge is 2.46. The van der Waals surface area contributed by atoms with Crippen LogP contribution in [0.2, 0.25) is 0 Å². The predicted molar refractivity (Wildman–Crippen MR) is 80.9 cm³/mol. The normalized spacial score (nSPS) is 19.7. The predicted octanol–water partition coefficient (Wildman–Crippen LogP) is 2.94. The number of ether oxygens (including phenoxy) is 1. The average molecular weight is 311 g/mol. The minimum atomic E-state index is -0.279. The smallest absolute Gasteiger partial charge is 0.309 e. The fourth-order valence-corrected chi connectivity index (χ4v) is 2.81. The van der Waals surface area contributed by atoms with Crippen molar-refractivity contribution in [3.05, 3.63) is 59.4 Å². The van der Waals surface area contributed by atoms with Gasteiger partial charge in [-0.15, -0.1) is 0 Å². The number of aromatic nitrogens is 3. The Bertz CT molecular complexity index is 877. The van der Waals surface area contributed by atoms with Gasteiger partial charge in [0.1, 0.15) is 23.5 Å². The van der Waals surface area contributed by atoms with E-state index in [-0.39, 0.29) is 30.2 Å². The molecule has 0 spiro atoms. The molecule has 0 radical (unpaired) electrons. The van der Waals surface area contributed by atoms with Crippen molar-refractivity contribution in [2.75, 3.05) is 0 Å². The standard InChI is InChI=1S/C17H14FN3O2/c18-14-4-2-1-3-11(14)12-8-13(12)17(22)23-9-10-5-6-15-16(7-10)20-21-19-15/h1-7,12-13H,8-9H2,(H,19,20,21)/t12-,13+/m0/s1. The third-order valence-electron chi connectivity index (χ3n) is 4.16. The molecule has 5 nitrogen and oxygen atoms in total. The van der Waals surface area contributed by atoms with Crippen molar-refractivity contribution in [2.45, 2.75) is 18.9 Å². The zero-order valence-electron chi connectivity index (χ0n) is 12.2. The van der Waals surface area contributed by atoms with E-state index in [1.54, 1.807) is 18.2 Å². The van der Waals surface area contributed by atoms with E-state index in [2.05, 4.69) is 15.4 Å². The van der Waals surface area contributed by atoms with Crippen LogP contribution >= 0.6 is 0 Å². The third kappa shape index (κ3) is 2.67. The van der Waals surface area contributed by atoms with E-state index in [9.17, 15) is 9.18 Å². The molecule has 2 atom stereocenters. The summed E-state index contributed by atoms with van der Waals surface area (Å²) < 4.78 is 19.1. The fraction of sp³-hybridized carbons (Fsp3) is 0.235. The molecule has 6 heteroatoms. The highest BCUT2D eigenvalue weighted by Crippen LogP contribution is 2.48. The molecule has 0 unspecified atom stereocenters. The maximum atomic E-state index is 13.7. The molecule has 1 heterocycles. The van der Waals surface area contributed by atoms with Crippen LogP contribution in [0.5, 0.6) is 0 Å². The number of hydrogen-bond acceptors (Lipinski definition) is 4. The van der Waals surface area contributed by atoms with Gasteiger partial charge in [0.15, 0.2) is 0 Å². The molecule has 116 valence electrons. The van der Waals surface area contributed by atoms with Crippen molar-refractivity contribution >= 4 is 17.0 Å². The van der Waals surface area contributed by atoms with Crippen LogP contribution in [0.15, 0.2) is 42.5 Å². The summed E-state index contributed by atoms with van der Waals surface area (Å²) in [6.07, 6.45) is 0.641. The number of aromatic amines is 1. The van der Waals surface area contributed by atoms with Gasteiger partial charge in [-0.25, -0.2) is 4.39 Å². The van der Waals surface area contributed by atoms with E-state index in [1.807, 2.05) is 18.2 Å². The molecule has 3 aromatic rings. The number of carbonyl (C=O) groups excluding carboxylic acids is 1. The second-order valence-corrected chi connectivity index (χ2v) is 5.72. The van der Waals surface area contributed by atoms with E-state index in [0.717, 1.165) is 16.6 Å². The van der Waals surface area contributed by atoms with Crippen LogP contribution in [0.1, 0.15) is 23.5 Å². The molecular formula is C17H14FN3O2. The van der Waals surface area contributed by atoms with Crippen molar-refractivity contribution < 1.29 is 13.9 Å². The second-order valence-electron chi connectivity index (χ2n) is 5.72. The molecule has 1 fully saturated rings. The maximum absolute atomic E-state index is 13.7. The molecule has 0 bridgehead atoms. The topological polar surface area (TPSA) is 67.9 Å². The van der Waals surface area contributed by atoms with Crippen LogP contribution in [0, 0.1) is 11.7 Å². The number of rotatable bonds is 4. The first kappa shape index (κ1) is 13.9. The quantitative estimate of drug-likeness (QED) is 0.752. The SMILES string of the molecule is O=C(OCc1ccc2n[nH]nc2c1)[C@@H]1C[C@H]1c1ccccc1F. The van der Waals surface area contributed by atoms with Gasteiger partial charge in [0.05, 0.1) is 5.92 Å². The molecule has 1 aromatic heterocycles. The number of nitrogens with one attached hydrogen (secondary N) is 1. The minimum Gasteiger partial charge on any atom is -0.461 e. The Kier molecular flexibility index (Phi) is 3.29. The Labute approximate surface area is 131 Å². The van der Waals surface area contributed by atoms with Crippen molar-refractivity contribution in [3.63, 3.8) is 0 Å². The van der Waals surface area contributed by atoms with E-state index in [1.165, 1.54) is 6.07 Å². The Balaban J connectivity index is 1.38.